The van der Waals surface area contributed by atoms with Crippen molar-refractivity contribution in [1.82, 2.24) is 0 Å². The molecule has 3 aliphatic heterocycles. The first kappa shape index (κ1) is 19.6. The zero-order valence-corrected chi connectivity index (χ0v) is 17.6. The molecule has 0 aromatic rings. The maximum atomic E-state index is 6.37. The standard InChI is InChI=1S/C22H40O3/c1-20(2,3)18-9-8-16(24-18)11-22(6,7)19-10-17(25-19)12-21(4,5)15-13-23-14-15/h15-19H,8-14H2,1-7H3. The summed E-state index contributed by atoms with van der Waals surface area (Å²) in [5.41, 5.74) is 0.804. The van der Waals surface area contributed by atoms with E-state index in [2.05, 4.69) is 48.5 Å². The highest BCUT2D eigenvalue weighted by Gasteiger charge is 2.47. The van der Waals surface area contributed by atoms with Crippen LogP contribution in [-0.2, 0) is 14.2 Å². The molecule has 0 aromatic carbocycles. The lowest BCUT2D eigenvalue weighted by atomic mass is 9.69. The van der Waals surface area contributed by atoms with E-state index in [1.807, 2.05) is 0 Å². The molecule has 25 heavy (non-hydrogen) atoms. The van der Waals surface area contributed by atoms with E-state index in [-0.39, 0.29) is 10.8 Å². The topological polar surface area (TPSA) is 27.7 Å². The number of ether oxygens (including phenoxy) is 3. The molecule has 0 aliphatic carbocycles. The van der Waals surface area contributed by atoms with E-state index in [0.29, 0.717) is 35.7 Å². The van der Waals surface area contributed by atoms with E-state index in [0.717, 1.165) is 19.6 Å². The lowest BCUT2D eigenvalue weighted by molar-refractivity contribution is -0.202. The lowest BCUT2D eigenvalue weighted by Gasteiger charge is -2.50. The van der Waals surface area contributed by atoms with E-state index in [4.69, 9.17) is 14.2 Å². The molecule has 0 bridgehead atoms. The quantitative estimate of drug-likeness (QED) is 0.656. The van der Waals surface area contributed by atoms with Gasteiger partial charge in [-0.15, -0.1) is 0 Å². The Morgan fingerprint density at radius 1 is 0.720 bits per heavy atom. The second-order valence-electron chi connectivity index (χ2n) is 11.3. The van der Waals surface area contributed by atoms with Crippen molar-refractivity contribution in [2.24, 2.45) is 22.2 Å². The third-order valence-corrected chi connectivity index (χ3v) is 7.03. The SMILES string of the molecule is CC(C)(C)C1CCC(CC(C)(C)C2CC(CC(C)(C)C3COC3)O2)O1. The van der Waals surface area contributed by atoms with E-state index < -0.39 is 0 Å². The third-order valence-electron chi connectivity index (χ3n) is 7.03. The minimum atomic E-state index is 0.206. The van der Waals surface area contributed by atoms with Crippen molar-refractivity contribution >= 4 is 0 Å². The Morgan fingerprint density at radius 3 is 1.80 bits per heavy atom. The molecule has 0 spiro atoms. The predicted octanol–water partition coefficient (Wildman–Crippen LogP) is 5.22. The van der Waals surface area contributed by atoms with Gasteiger partial charge in [0, 0.05) is 12.3 Å². The van der Waals surface area contributed by atoms with Crippen LogP contribution >= 0.6 is 0 Å². The Morgan fingerprint density at radius 2 is 1.32 bits per heavy atom. The largest absolute Gasteiger partial charge is 0.381 e. The Hall–Kier alpha value is -0.120. The van der Waals surface area contributed by atoms with Crippen LogP contribution in [-0.4, -0.2) is 37.6 Å². The van der Waals surface area contributed by atoms with Gasteiger partial charge in [-0.2, -0.15) is 0 Å². The third kappa shape index (κ3) is 4.42. The highest BCUT2D eigenvalue weighted by Crippen LogP contribution is 2.47. The lowest BCUT2D eigenvalue weighted by Crippen LogP contribution is -2.51. The Balaban J connectivity index is 1.44. The van der Waals surface area contributed by atoms with Gasteiger partial charge in [0.15, 0.2) is 0 Å². The van der Waals surface area contributed by atoms with Crippen LogP contribution in [0.15, 0.2) is 0 Å². The van der Waals surface area contributed by atoms with Gasteiger partial charge in [-0.1, -0.05) is 48.5 Å². The van der Waals surface area contributed by atoms with Crippen LogP contribution in [0.25, 0.3) is 0 Å². The summed E-state index contributed by atoms with van der Waals surface area (Å²) < 4.78 is 18.1. The zero-order chi connectivity index (χ0) is 18.5. The Kier molecular flexibility index (Phi) is 5.34. The van der Waals surface area contributed by atoms with E-state index in [1.54, 1.807) is 0 Å². The van der Waals surface area contributed by atoms with Crippen molar-refractivity contribution in [3.63, 3.8) is 0 Å². The second kappa shape index (κ2) is 6.80. The molecule has 4 atom stereocenters. The fraction of sp³-hybridized carbons (Fsp3) is 1.00. The molecule has 146 valence electrons. The van der Waals surface area contributed by atoms with Gasteiger partial charge in [-0.05, 0) is 41.9 Å². The van der Waals surface area contributed by atoms with E-state index >= 15 is 0 Å². The molecule has 3 rings (SSSR count). The highest BCUT2D eigenvalue weighted by atomic mass is 16.5. The molecule has 3 fully saturated rings. The Bertz CT molecular complexity index is 452. The van der Waals surface area contributed by atoms with Gasteiger partial charge < -0.3 is 14.2 Å². The molecule has 0 aromatic heterocycles. The summed E-state index contributed by atoms with van der Waals surface area (Å²) in [5, 5.41) is 0. The van der Waals surface area contributed by atoms with Gasteiger partial charge >= 0.3 is 0 Å². The summed E-state index contributed by atoms with van der Waals surface area (Å²) in [5.74, 6) is 0.712. The molecule has 3 nitrogen and oxygen atoms in total. The van der Waals surface area contributed by atoms with E-state index in [9.17, 15) is 0 Å². The number of rotatable bonds is 6. The molecule has 0 N–H and O–H groups in total. The molecular formula is C22H40O3. The van der Waals surface area contributed by atoms with Crippen molar-refractivity contribution in [2.45, 2.75) is 105 Å². The van der Waals surface area contributed by atoms with Gasteiger partial charge in [0.25, 0.3) is 0 Å². The fourth-order valence-corrected chi connectivity index (χ4v) is 4.75. The molecule has 3 saturated heterocycles. The molecule has 0 amide bonds. The number of hydrogen-bond donors (Lipinski definition) is 0. The summed E-state index contributed by atoms with van der Waals surface area (Å²) in [6, 6.07) is 0. The summed E-state index contributed by atoms with van der Waals surface area (Å²) in [7, 11) is 0. The average molecular weight is 353 g/mol. The smallest absolute Gasteiger partial charge is 0.0655 e. The maximum absolute atomic E-state index is 6.37. The van der Waals surface area contributed by atoms with Gasteiger partial charge in [0.2, 0.25) is 0 Å². The zero-order valence-electron chi connectivity index (χ0n) is 17.6. The van der Waals surface area contributed by atoms with Crippen LogP contribution in [0.5, 0.6) is 0 Å². The van der Waals surface area contributed by atoms with Crippen molar-refractivity contribution < 1.29 is 14.2 Å². The Labute approximate surface area is 155 Å². The summed E-state index contributed by atoms with van der Waals surface area (Å²) >= 11 is 0. The highest BCUT2D eigenvalue weighted by molar-refractivity contribution is 4.95. The van der Waals surface area contributed by atoms with Gasteiger partial charge in [0.05, 0.1) is 37.6 Å². The van der Waals surface area contributed by atoms with E-state index in [1.165, 1.54) is 25.7 Å². The van der Waals surface area contributed by atoms with Crippen LogP contribution in [0.1, 0.15) is 80.6 Å². The van der Waals surface area contributed by atoms with Crippen molar-refractivity contribution in [1.29, 1.82) is 0 Å². The first-order chi connectivity index (χ1) is 11.5. The fourth-order valence-electron chi connectivity index (χ4n) is 4.75. The summed E-state index contributed by atoms with van der Waals surface area (Å²) in [6.07, 6.45) is 7.55. The maximum Gasteiger partial charge on any atom is 0.0655 e. The second-order valence-corrected chi connectivity index (χ2v) is 11.3. The van der Waals surface area contributed by atoms with Crippen molar-refractivity contribution in [3.8, 4) is 0 Å². The predicted molar refractivity (Wildman–Crippen MR) is 102 cm³/mol. The molecule has 4 unspecified atom stereocenters. The van der Waals surface area contributed by atoms with Gasteiger partial charge in [-0.3, -0.25) is 0 Å². The van der Waals surface area contributed by atoms with Crippen LogP contribution < -0.4 is 0 Å². The van der Waals surface area contributed by atoms with Crippen molar-refractivity contribution in [2.75, 3.05) is 13.2 Å². The molecule has 3 aliphatic rings. The first-order valence-corrected chi connectivity index (χ1v) is 10.4. The van der Waals surface area contributed by atoms with Gasteiger partial charge in [0.1, 0.15) is 0 Å². The molecule has 3 heteroatoms. The molecule has 0 saturated carbocycles. The van der Waals surface area contributed by atoms with Crippen LogP contribution in [0.2, 0.25) is 0 Å². The van der Waals surface area contributed by atoms with Crippen LogP contribution in [0, 0.1) is 22.2 Å². The minimum absolute atomic E-state index is 0.206. The van der Waals surface area contributed by atoms with Crippen LogP contribution in [0.4, 0.5) is 0 Å². The minimum Gasteiger partial charge on any atom is -0.381 e. The molecular weight excluding hydrogens is 312 g/mol. The summed E-state index contributed by atoms with van der Waals surface area (Å²) in [4.78, 5) is 0. The molecule has 3 heterocycles. The molecule has 0 radical (unpaired) electrons. The van der Waals surface area contributed by atoms with Gasteiger partial charge in [-0.25, -0.2) is 0 Å². The van der Waals surface area contributed by atoms with Crippen molar-refractivity contribution in [3.05, 3.63) is 0 Å². The average Bonchev–Trinajstić information content (AvgIpc) is 2.77. The monoisotopic (exact) mass is 352 g/mol. The summed E-state index contributed by atoms with van der Waals surface area (Å²) in [6.45, 7) is 18.2. The first-order valence-electron chi connectivity index (χ1n) is 10.4. The van der Waals surface area contributed by atoms with Crippen LogP contribution in [0.3, 0.4) is 0 Å². The normalized spacial score (nSPS) is 34.7. The number of hydrogen-bond acceptors (Lipinski definition) is 3.